The summed E-state index contributed by atoms with van der Waals surface area (Å²) in [7, 11) is 4.20. The van der Waals surface area contributed by atoms with Crippen molar-refractivity contribution in [3.8, 4) is 23.0 Å². The van der Waals surface area contributed by atoms with Crippen LogP contribution in [0.2, 0.25) is 0 Å². The van der Waals surface area contributed by atoms with E-state index in [1.165, 1.54) is 0 Å². The Bertz CT molecular complexity index is 1080. The number of pyridine rings is 2. The molecule has 1 unspecified atom stereocenters. The molecule has 0 aliphatic heterocycles. The zero-order valence-corrected chi connectivity index (χ0v) is 18.8. The zero-order chi connectivity index (χ0) is 22.4. The van der Waals surface area contributed by atoms with E-state index in [1.54, 1.807) is 39.7 Å². The van der Waals surface area contributed by atoms with Crippen molar-refractivity contribution in [2.24, 2.45) is 0 Å². The highest BCUT2D eigenvalue weighted by Crippen LogP contribution is 2.38. The van der Waals surface area contributed by atoms with Crippen LogP contribution in [0.5, 0.6) is 23.0 Å². The minimum Gasteiger partial charge on any atom is -0.868 e. The van der Waals surface area contributed by atoms with Crippen LogP contribution in [0.25, 0.3) is 11.0 Å². The van der Waals surface area contributed by atoms with Crippen molar-refractivity contribution in [2.45, 2.75) is 17.9 Å². The quantitative estimate of drug-likeness (QED) is 0.376. The zero-order valence-electron chi connectivity index (χ0n) is 18.0. The van der Waals surface area contributed by atoms with E-state index in [1.807, 2.05) is 18.4 Å². The van der Waals surface area contributed by atoms with Crippen LogP contribution in [0, 0.1) is 0 Å². The van der Waals surface area contributed by atoms with Crippen molar-refractivity contribution < 1.29 is 24.1 Å². The fourth-order valence-electron chi connectivity index (χ4n) is 3.28. The normalized spacial score (nSPS) is 12.0. The van der Waals surface area contributed by atoms with Gasteiger partial charge in [0.1, 0.15) is 17.7 Å². The van der Waals surface area contributed by atoms with Gasteiger partial charge in [-0.2, -0.15) is 0 Å². The van der Waals surface area contributed by atoms with Gasteiger partial charge in [0.15, 0.2) is 11.5 Å². The van der Waals surface area contributed by atoms with Crippen LogP contribution in [-0.4, -0.2) is 49.9 Å². The van der Waals surface area contributed by atoms with Gasteiger partial charge in [-0.15, -0.1) is 0 Å². The maximum Gasteiger partial charge on any atom is 0.304 e. The topological polar surface area (TPSA) is 106 Å². The standard InChI is InChI=1S/C22H26N2O6S/c1-27-16-11-14(12-17(28-2)19(16)29-3)13-30-9-6-10-31(4)20-18(25)15-7-5-8-23-21(15)24-22(20)26/h5,7-8,11-12H,6,9-10,13H2,1-4H3,(H-,23,24,25,26). The largest absolute Gasteiger partial charge is 0.868 e. The van der Waals surface area contributed by atoms with Gasteiger partial charge >= 0.3 is 5.56 Å². The van der Waals surface area contributed by atoms with Crippen LogP contribution >= 0.6 is 0 Å². The predicted molar refractivity (Wildman–Crippen MR) is 119 cm³/mol. The summed E-state index contributed by atoms with van der Waals surface area (Å²) in [5.41, 5.74) is 0.859. The highest BCUT2D eigenvalue weighted by atomic mass is 32.2. The third-order valence-corrected chi connectivity index (χ3v) is 6.75. The Morgan fingerprint density at radius 3 is 2.48 bits per heavy atom. The van der Waals surface area contributed by atoms with Crippen molar-refractivity contribution in [3.05, 3.63) is 46.4 Å². The Labute approximate surface area is 183 Å². The van der Waals surface area contributed by atoms with Gasteiger partial charge in [-0.25, -0.2) is 4.98 Å². The summed E-state index contributed by atoms with van der Waals surface area (Å²) in [6.45, 7) is 0.873. The highest BCUT2D eigenvalue weighted by molar-refractivity contribution is 7.96. The minimum absolute atomic E-state index is 0.240. The molecule has 0 aliphatic carbocycles. The number of H-pyrrole nitrogens is 1. The molecule has 31 heavy (non-hydrogen) atoms. The number of methoxy groups -OCH3 is 3. The summed E-state index contributed by atoms with van der Waals surface area (Å²) in [6, 6.07) is 7.06. The average molecular weight is 447 g/mol. The Kier molecular flexibility index (Phi) is 7.64. The van der Waals surface area contributed by atoms with Crippen LogP contribution in [0.4, 0.5) is 0 Å². The predicted octanol–water partition coefficient (Wildman–Crippen LogP) is 2.24. The van der Waals surface area contributed by atoms with Crippen molar-refractivity contribution >= 4 is 21.9 Å². The van der Waals surface area contributed by atoms with Crippen molar-refractivity contribution in [1.82, 2.24) is 9.97 Å². The summed E-state index contributed by atoms with van der Waals surface area (Å²) in [4.78, 5) is 19.5. The van der Waals surface area contributed by atoms with Gasteiger partial charge in [-0.3, -0.25) is 4.79 Å². The summed E-state index contributed by atoms with van der Waals surface area (Å²) in [5, 5.41) is 13.2. The van der Waals surface area contributed by atoms with Crippen LogP contribution in [0.3, 0.4) is 0 Å². The number of nitrogens with one attached hydrogen (secondary N) is 1. The SMILES string of the molecule is COc1cc(COCCC[S+](C)c2c([O-])c3cccnc3[nH]c2=O)cc(OC)c1OC. The average Bonchev–Trinajstić information content (AvgIpc) is 2.78. The van der Waals surface area contributed by atoms with E-state index in [0.717, 1.165) is 5.56 Å². The number of hydrogen-bond donors (Lipinski definition) is 1. The first-order valence-corrected chi connectivity index (χ1v) is 11.5. The molecule has 3 rings (SSSR count). The Hall–Kier alpha value is -2.91. The molecule has 0 amide bonds. The molecular formula is C22H26N2O6S. The molecule has 1 aromatic carbocycles. The number of benzene rings is 1. The molecular weight excluding hydrogens is 420 g/mol. The lowest BCUT2D eigenvalue weighted by Crippen LogP contribution is -2.23. The number of hydrogen-bond acceptors (Lipinski definition) is 7. The Morgan fingerprint density at radius 2 is 1.84 bits per heavy atom. The third-order valence-electron chi connectivity index (χ3n) is 4.78. The Morgan fingerprint density at radius 1 is 1.13 bits per heavy atom. The molecule has 0 fully saturated rings. The second-order valence-electron chi connectivity index (χ2n) is 6.79. The van der Waals surface area contributed by atoms with Gasteiger partial charge in [0.25, 0.3) is 0 Å². The molecule has 0 bridgehead atoms. The maximum absolute atomic E-state index is 12.7. The van der Waals surface area contributed by atoms with Crippen LogP contribution in [0.1, 0.15) is 12.0 Å². The summed E-state index contributed by atoms with van der Waals surface area (Å²) in [5.74, 6) is 2.12. The molecule has 166 valence electrons. The minimum atomic E-state index is -0.496. The molecule has 3 aromatic rings. The van der Waals surface area contributed by atoms with Gasteiger partial charge in [0.05, 0.1) is 34.5 Å². The van der Waals surface area contributed by atoms with E-state index in [0.29, 0.717) is 58.6 Å². The number of ether oxygens (including phenoxy) is 4. The number of aromatic nitrogens is 2. The van der Waals surface area contributed by atoms with Gasteiger partial charge in [-0.1, -0.05) is 6.07 Å². The summed E-state index contributed by atoms with van der Waals surface area (Å²) < 4.78 is 21.8. The van der Waals surface area contributed by atoms with Crippen molar-refractivity contribution in [3.63, 3.8) is 0 Å². The second kappa shape index (κ2) is 10.4. The number of aromatic amines is 1. The third kappa shape index (κ3) is 5.05. The van der Waals surface area contributed by atoms with Crippen LogP contribution < -0.4 is 24.9 Å². The number of fused-ring (bicyclic) bond motifs is 1. The van der Waals surface area contributed by atoms with Gasteiger partial charge < -0.3 is 29.0 Å². The lowest BCUT2D eigenvalue weighted by molar-refractivity contribution is -0.270. The van der Waals surface area contributed by atoms with Crippen molar-refractivity contribution in [1.29, 1.82) is 0 Å². The molecule has 0 radical (unpaired) electrons. The molecule has 0 aliphatic rings. The fourth-order valence-corrected chi connectivity index (χ4v) is 4.83. The monoisotopic (exact) mass is 446 g/mol. The van der Waals surface area contributed by atoms with E-state index in [2.05, 4.69) is 9.97 Å². The van der Waals surface area contributed by atoms with E-state index in [-0.39, 0.29) is 11.3 Å². The summed E-state index contributed by atoms with van der Waals surface area (Å²) in [6.07, 6.45) is 4.18. The van der Waals surface area contributed by atoms with E-state index in [4.69, 9.17) is 18.9 Å². The van der Waals surface area contributed by atoms with E-state index in [9.17, 15) is 9.90 Å². The maximum atomic E-state index is 12.7. The molecule has 2 aromatic heterocycles. The lowest BCUT2D eigenvalue weighted by atomic mass is 10.2. The first-order valence-electron chi connectivity index (χ1n) is 9.67. The van der Waals surface area contributed by atoms with E-state index >= 15 is 0 Å². The van der Waals surface area contributed by atoms with Crippen LogP contribution in [0.15, 0.2) is 40.2 Å². The highest BCUT2D eigenvalue weighted by Gasteiger charge is 2.22. The molecule has 0 saturated heterocycles. The summed E-state index contributed by atoms with van der Waals surface area (Å²) >= 11 is 0. The van der Waals surface area contributed by atoms with Crippen molar-refractivity contribution in [2.75, 3.05) is 39.9 Å². The first-order chi connectivity index (χ1) is 15.0. The smallest absolute Gasteiger partial charge is 0.304 e. The molecule has 2 heterocycles. The second-order valence-corrected chi connectivity index (χ2v) is 8.88. The van der Waals surface area contributed by atoms with Gasteiger partial charge in [0, 0.05) is 28.9 Å². The lowest BCUT2D eigenvalue weighted by Gasteiger charge is -2.15. The molecule has 9 heteroatoms. The van der Waals surface area contributed by atoms with E-state index < -0.39 is 10.9 Å². The first kappa shape index (κ1) is 22.8. The molecule has 0 spiro atoms. The fraction of sp³-hybridized carbons (Fsp3) is 0.364. The van der Waals surface area contributed by atoms with Gasteiger partial charge in [-0.05, 0) is 29.5 Å². The van der Waals surface area contributed by atoms with Crippen LogP contribution in [-0.2, 0) is 22.2 Å². The molecule has 8 nitrogen and oxygen atoms in total. The number of nitrogens with zero attached hydrogens (tertiary/aromatic N) is 1. The number of rotatable bonds is 10. The van der Waals surface area contributed by atoms with Gasteiger partial charge in [0.2, 0.25) is 10.6 Å². The Balaban J connectivity index is 1.58. The molecule has 1 atom stereocenters. The molecule has 0 saturated carbocycles. The molecule has 1 N–H and O–H groups in total.